The van der Waals surface area contributed by atoms with Gasteiger partial charge in [-0.25, -0.2) is 4.79 Å². The van der Waals surface area contributed by atoms with Crippen molar-refractivity contribution in [3.8, 4) is 0 Å². The van der Waals surface area contributed by atoms with Gasteiger partial charge in [0.25, 0.3) is 0 Å². The van der Waals surface area contributed by atoms with Crippen LogP contribution >= 0.6 is 0 Å². The third-order valence-electron chi connectivity index (χ3n) is 3.50. The Labute approximate surface area is 104 Å². The number of aromatic nitrogens is 1. The van der Waals surface area contributed by atoms with Crippen LogP contribution in [0.15, 0.2) is 27.4 Å². The van der Waals surface area contributed by atoms with Gasteiger partial charge in [0.1, 0.15) is 0 Å². The highest BCUT2D eigenvalue weighted by Crippen LogP contribution is 2.37. The molecule has 5 heteroatoms. The predicted octanol–water partition coefficient (Wildman–Crippen LogP) is 1.13. The van der Waals surface area contributed by atoms with Gasteiger partial charge in [0.15, 0.2) is 5.58 Å². The van der Waals surface area contributed by atoms with Crippen LogP contribution in [0.2, 0.25) is 0 Å². The molecular formula is C13H16N2O3. The van der Waals surface area contributed by atoms with E-state index < -0.39 is 5.76 Å². The Balaban J connectivity index is 2.04. The molecular weight excluding hydrogens is 232 g/mol. The topological polar surface area (TPSA) is 81.2 Å². The lowest BCUT2D eigenvalue weighted by Crippen LogP contribution is -2.49. The molecule has 96 valence electrons. The SMILES string of the molecule is CC(N)CC1(c2ccc3oc(=O)[nH]c3c2)COC1. The van der Waals surface area contributed by atoms with Crippen molar-refractivity contribution >= 4 is 11.1 Å². The van der Waals surface area contributed by atoms with E-state index in [0.29, 0.717) is 18.8 Å². The fourth-order valence-corrected chi connectivity index (χ4v) is 2.65. The third kappa shape index (κ3) is 1.76. The molecule has 0 radical (unpaired) electrons. The Morgan fingerprint density at radius 3 is 2.89 bits per heavy atom. The van der Waals surface area contributed by atoms with E-state index in [1.54, 1.807) is 0 Å². The van der Waals surface area contributed by atoms with Crippen molar-refractivity contribution in [1.29, 1.82) is 0 Å². The normalized spacial score (nSPS) is 19.7. The average molecular weight is 248 g/mol. The van der Waals surface area contributed by atoms with Gasteiger partial charge >= 0.3 is 5.76 Å². The molecule has 0 amide bonds. The molecule has 1 aliphatic rings. The van der Waals surface area contributed by atoms with Gasteiger partial charge in [-0.1, -0.05) is 6.07 Å². The predicted molar refractivity (Wildman–Crippen MR) is 67.6 cm³/mol. The first kappa shape index (κ1) is 11.5. The van der Waals surface area contributed by atoms with Crippen molar-refractivity contribution in [2.75, 3.05) is 13.2 Å². The first-order valence-corrected chi connectivity index (χ1v) is 6.06. The maximum atomic E-state index is 11.1. The largest absolute Gasteiger partial charge is 0.417 e. The van der Waals surface area contributed by atoms with Gasteiger partial charge in [0.2, 0.25) is 0 Å². The molecule has 3 N–H and O–H groups in total. The minimum absolute atomic E-state index is 0.0173. The summed E-state index contributed by atoms with van der Waals surface area (Å²) in [6, 6.07) is 5.90. The van der Waals surface area contributed by atoms with Crippen LogP contribution in [-0.4, -0.2) is 24.2 Å². The zero-order valence-electron chi connectivity index (χ0n) is 10.2. The fraction of sp³-hybridized carbons (Fsp3) is 0.462. The number of aromatic amines is 1. The van der Waals surface area contributed by atoms with Crippen LogP contribution in [-0.2, 0) is 10.2 Å². The van der Waals surface area contributed by atoms with E-state index in [-0.39, 0.29) is 11.5 Å². The second-order valence-corrected chi connectivity index (χ2v) is 5.18. The maximum Gasteiger partial charge on any atom is 0.417 e. The van der Waals surface area contributed by atoms with Crippen LogP contribution in [0, 0.1) is 0 Å². The number of oxazole rings is 1. The molecule has 2 heterocycles. The number of benzene rings is 1. The van der Waals surface area contributed by atoms with E-state index in [4.69, 9.17) is 14.9 Å². The van der Waals surface area contributed by atoms with Gasteiger partial charge in [0, 0.05) is 11.5 Å². The number of H-pyrrole nitrogens is 1. The molecule has 1 atom stereocenters. The molecule has 18 heavy (non-hydrogen) atoms. The Hall–Kier alpha value is -1.59. The van der Waals surface area contributed by atoms with Crippen LogP contribution < -0.4 is 11.5 Å². The number of ether oxygens (including phenoxy) is 1. The smallest absolute Gasteiger partial charge is 0.408 e. The summed E-state index contributed by atoms with van der Waals surface area (Å²) in [5, 5.41) is 0. The third-order valence-corrected chi connectivity index (χ3v) is 3.50. The molecule has 2 aromatic rings. The van der Waals surface area contributed by atoms with Crippen molar-refractivity contribution < 1.29 is 9.15 Å². The Kier molecular flexibility index (Phi) is 2.53. The highest BCUT2D eigenvalue weighted by molar-refractivity contribution is 5.73. The zero-order valence-corrected chi connectivity index (χ0v) is 10.2. The van der Waals surface area contributed by atoms with Gasteiger partial charge in [-0.15, -0.1) is 0 Å². The molecule has 1 saturated heterocycles. The van der Waals surface area contributed by atoms with E-state index in [1.165, 1.54) is 0 Å². The summed E-state index contributed by atoms with van der Waals surface area (Å²) >= 11 is 0. The summed E-state index contributed by atoms with van der Waals surface area (Å²) in [5.74, 6) is -0.423. The van der Waals surface area contributed by atoms with E-state index in [2.05, 4.69) is 4.98 Å². The van der Waals surface area contributed by atoms with Crippen molar-refractivity contribution in [3.05, 3.63) is 34.3 Å². The lowest BCUT2D eigenvalue weighted by molar-refractivity contribution is -0.0664. The second kappa shape index (κ2) is 3.96. The molecule has 5 nitrogen and oxygen atoms in total. The van der Waals surface area contributed by atoms with Crippen LogP contribution in [0.1, 0.15) is 18.9 Å². The van der Waals surface area contributed by atoms with Crippen molar-refractivity contribution in [3.63, 3.8) is 0 Å². The van der Waals surface area contributed by atoms with Gasteiger partial charge in [-0.3, -0.25) is 4.98 Å². The van der Waals surface area contributed by atoms with Gasteiger partial charge in [0.05, 0.1) is 18.7 Å². The van der Waals surface area contributed by atoms with E-state index in [0.717, 1.165) is 17.5 Å². The fourth-order valence-electron chi connectivity index (χ4n) is 2.65. The molecule has 1 aromatic heterocycles. The van der Waals surface area contributed by atoms with Crippen LogP contribution in [0.25, 0.3) is 11.1 Å². The Morgan fingerprint density at radius 2 is 2.28 bits per heavy atom. The van der Waals surface area contributed by atoms with E-state index >= 15 is 0 Å². The lowest BCUT2D eigenvalue weighted by Gasteiger charge is -2.43. The lowest BCUT2D eigenvalue weighted by atomic mass is 9.74. The second-order valence-electron chi connectivity index (χ2n) is 5.18. The highest BCUT2D eigenvalue weighted by Gasteiger charge is 2.41. The first-order chi connectivity index (χ1) is 8.59. The van der Waals surface area contributed by atoms with Crippen LogP contribution in [0.5, 0.6) is 0 Å². The Bertz CT molecular complexity index is 622. The standard InChI is InChI=1S/C13H16N2O3/c1-8(14)5-13(6-17-7-13)9-2-3-11-10(4-9)15-12(16)18-11/h2-4,8H,5-7,14H2,1H3,(H,15,16). The zero-order chi connectivity index (χ0) is 12.8. The number of fused-ring (bicyclic) bond motifs is 1. The van der Waals surface area contributed by atoms with Crippen molar-refractivity contribution in [1.82, 2.24) is 4.98 Å². The molecule has 3 rings (SSSR count). The van der Waals surface area contributed by atoms with Gasteiger partial charge in [-0.05, 0) is 31.0 Å². The minimum Gasteiger partial charge on any atom is -0.408 e. The summed E-state index contributed by atoms with van der Waals surface area (Å²) in [6.07, 6.45) is 0.876. The molecule has 0 aliphatic carbocycles. The molecule has 1 aliphatic heterocycles. The Morgan fingerprint density at radius 1 is 1.50 bits per heavy atom. The number of nitrogens with two attached hydrogens (primary N) is 1. The molecule has 0 saturated carbocycles. The molecule has 1 fully saturated rings. The summed E-state index contributed by atoms with van der Waals surface area (Å²) in [5.41, 5.74) is 8.35. The van der Waals surface area contributed by atoms with Crippen LogP contribution in [0.3, 0.4) is 0 Å². The average Bonchev–Trinajstić information content (AvgIpc) is 2.62. The molecule has 0 spiro atoms. The number of rotatable bonds is 3. The summed E-state index contributed by atoms with van der Waals surface area (Å²) in [6.45, 7) is 3.36. The summed E-state index contributed by atoms with van der Waals surface area (Å²) in [4.78, 5) is 13.8. The molecule has 0 bridgehead atoms. The monoisotopic (exact) mass is 248 g/mol. The molecule has 1 aromatic carbocycles. The number of hydrogen-bond acceptors (Lipinski definition) is 4. The highest BCUT2D eigenvalue weighted by atomic mass is 16.5. The quantitative estimate of drug-likeness (QED) is 0.853. The first-order valence-electron chi connectivity index (χ1n) is 6.06. The van der Waals surface area contributed by atoms with Crippen molar-refractivity contribution in [2.24, 2.45) is 5.73 Å². The number of hydrogen-bond donors (Lipinski definition) is 2. The summed E-state index contributed by atoms with van der Waals surface area (Å²) in [7, 11) is 0. The number of nitrogens with one attached hydrogen (secondary N) is 1. The summed E-state index contributed by atoms with van der Waals surface area (Å²) < 4.78 is 10.4. The molecule has 1 unspecified atom stereocenters. The minimum atomic E-state index is -0.423. The van der Waals surface area contributed by atoms with Crippen LogP contribution in [0.4, 0.5) is 0 Å². The van der Waals surface area contributed by atoms with Gasteiger partial charge in [-0.2, -0.15) is 0 Å². The van der Waals surface area contributed by atoms with Gasteiger partial charge < -0.3 is 14.9 Å². The van der Waals surface area contributed by atoms with Crippen molar-refractivity contribution in [2.45, 2.75) is 24.8 Å². The van der Waals surface area contributed by atoms with E-state index in [1.807, 2.05) is 25.1 Å². The maximum absolute atomic E-state index is 11.1. The van der Waals surface area contributed by atoms with E-state index in [9.17, 15) is 4.79 Å².